The zero-order chi connectivity index (χ0) is 14.9. The van der Waals surface area contributed by atoms with Crippen LogP contribution in [0.5, 0.6) is 0 Å². The minimum absolute atomic E-state index is 0.0364. The van der Waals surface area contributed by atoms with Crippen molar-refractivity contribution in [2.75, 3.05) is 0 Å². The number of piperidine rings is 1. The van der Waals surface area contributed by atoms with E-state index in [9.17, 15) is 9.59 Å². The Morgan fingerprint density at radius 1 is 1.52 bits per heavy atom. The molecule has 2 fully saturated rings. The second-order valence-corrected chi connectivity index (χ2v) is 6.01. The summed E-state index contributed by atoms with van der Waals surface area (Å²) in [5, 5.41) is 6.24. The zero-order valence-corrected chi connectivity index (χ0v) is 12.3. The Labute approximate surface area is 124 Å². The number of hydrogen-bond donors (Lipinski definition) is 2. The molecule has 2 N–H and O–H groups in total. The number of nitrogens with one attached hydrogen (secondary N) is 2. The first-order valence-corrected chi connectivity index (χ1v) is 7.69. The molecule has 21 heavy (non-hydrogen) atoms. The highest BCUT2D eigenvalue weighted by molar-refractivity contribution is 5.96. The lowest BCUT2D eigenvalue weighted by molar-refractivity contribution is -0.127. The van der Waals surface area contributed by atoms with Crippen molar-refractivity contribution in [3.8, 4) is 0 Å². The highest BCUT2D eigenvalue weighted by Crippen LogP contribution is 2.39. The van der Waals surface area contributed by atoms with E-state index in [0.717, 1.165) is 37.7 Å². The van der Waals surface area contributed by atoms with Crippen LogP contribution in [-0.2, 0) is 11.2 Å². The average molecular weight is 287 g/mol. The molecular formula is C16H21N3O2. The van der Waals surface area contributed by atoms with Gasteiger partial charge >= 0.3 is 0 Å². The van der Waals surface area contributed by atoms with E-state index < -0.39 is 0 Å². The summed E-state index contributed by atoms with van der Waals surface area (Å²) in [6, 6.07) is 1.80. The summed E-state index contributed by atoms with van der Waals surface area (Å²) in [5.74, 6) is 0.0556. The van der Waals surface area contributed by atoms with Gasteiger partial charge in [-0.1, -0.05) is 6.92 Å². The molecule has 3 rings (SSSR count). The minimum Gasteiger partial charge on any atom is -0.349 e. The van der Waals surface area contributed by atoms with Crippen LogP contribution < -0.4 is 10.6 Å². The van der Waals surface area contributed by atoms with Gasteiger partial charge in [0, 0.05) is 24.4 Å². The largest absolute Gasteiger partial charge is 0.349 e. The van der Waals surface area contributed by atoms with E-state index in [1.807, 2.05) is 6.92 Å². The van der Waals surface area contributed by atoms with Crippen molar-refractivity contribution in [1.29, 1.82) is 0 Å². The maximum absolute atomic E-state index is 12.6. The van der Waals surface area contributed by atoms with Gasteiger partial charge in [-0.15, -0.1) is 0 Å². The van der Waals surface area contributed by atoms with Crippen LogP contribution in [0.25, 0.3) is 0 Å². The lowest BCUT2D eigenvalue weighted by Crippen LogP contribution is -2.68. The maximum Gasteiger partial charge on any atom is 0.251 e. The number of nitrogens with zero attached hydrogens (tertiary/aromatic N) is 1. The van der Waals surface area contributed by atoms with Crippen molar-refractivity contribution in [2.45, 2.75) is 57.0 Å². The first kappa shape index (κ1) is 14.0. The van der Waals surface area contributed by atoms with E-state index in [-0.39, 0.29) is 23.4 Å². The highest BCUT2D eigenvalue weighted by Gasteiger charge is 2.48. The fraction of sp³-hybridized carbons (Fsp3) is 0.562. The predicted molar refractivity (Wildman–Crippen MR) is 78.8 cm³/mol. The van der Waals surface area contributed by atoms with Crippen LogP contribution in [0.2, 0.25) is 0 Å². The van der Waals surface area contributed by atoms with Crippen LogP contribution >= 0.6 is 0 Å². The summed E-state index contributed by atoms with van der Waals surface area (Å²) in [7, 11) is 0. The molecule has 2 amide bonds. The Hall–Kier alpha value is -1.91. The Bertz CT molecular complexity index is 566. The van der Waals surface area contributed by atoms with Crippen LogP contribution in [0.4, 0.5) is 0 Å². The third kappa shape index (κ3) is 2.52. The number of aromatic nitrogens is 1. The van der Waals surface area contributed by atoms with E-state index in [1.165, 1.54) is 0 Å². The third-order valence-electron chi connectivity index (χ3n) is 4.80. The first-order chi connectivity index (χ1) is 10.1. The molecular weight excluding hydrogens is 266 g/mol. The van der Waals surface area contributed by atoms with Crippen molar-refractivity contribution < 1.29 is 9.59 Å². The fourth-order valence-electron chi connectivity index (χ4n) is 3.39. The van der Waals surface area contributed by atoms with Crippen LogP contribution in [-0.4, -0.2) is 28.4 Å². The molecule has 1 aromatic heterocycles. The molecule has 0 bridgehead atoms. The first-order valence-electron chi connectivity index (χ1n) is 7.69. The van der Waals surface area contributed by atoms with E-state index >= 15 is 0 Å². The molecule has 1 aliphatic carbocycles. The summed E-state index contributed by atoms with van der Waals surface area (Å²) < 4.78 is 0. The molecule has 5 nitrogen and oxygen atoms in total. The molecule has 1 aromatic rings. The second kappa shape index (κ2) is 5.47. The Balaban J connectivity index is 1.76. The SMILES string of the molecule is CCc1cnccc1C(=O)NC1CCC(=O)NC12CCC2. The quantitative estimate of drug-likeness (QED) is 0.886. The Morgan fingerprint density at radius 3 is 3.00 bits per heavy atom. The summed E-state index contributed by atoms with van der Waals surface area (Å²) in [6.07, 6.45) is 8.42. The minimum atomic E-state index is -0.204. The van der Waals surface area contributed by atoms with Gasteiger partial charge in [0.2, 0.25) is 5.91 Å². The van der Waals surface area contributed by atoms with Crippen molar-refractivity contribution in [3.05, 3.63) is 29.6 Å². The van der Waals surface area contributed by atoms with E-state index in [4.69, 9.17) is 0 Å². The maximum atomic E-state index is 12.6. The standard InChI is InChI=1S/C16H21N3O2/c1-2-11-10-17-9-6-12(11)15(21)18-13-4-5-14(20)19-16(13)7-3-8-16/h6,9-10,13H,2-5,7-8H2,1H3,(H,18,21)(H,19,20). The average Bonchev–Trinajstić information content (AvgIpc) is 2.47. The number of pyridine rings is 1. The van der Waals surface area contributed by atoms with Crippen molar-refractivity contribution in [3.63, 3.8) is 0 Å². The van der Waals surface area contributed by atoms with Crippen molar-refractivity contribution in [2.24, 2.45) is 0 Å². The molecule has 1 aliphatic heterocycles. The summed E-state index contributed by atoms with van der Waals surface area (Å²) in [5.41, 5.74) is 1.45. The van der Waals surface area contributed by atoms with Crippen LogP contribution in [0, 0.1) is 0 Å². The third-order valence-corrected chi connectivity index (χ3v) is 4.80. The van der Waals surface area contributed by atoms with Gasteiger partial charge in [0.25, 0.3) is 5.91 Å². The fourth-order valence-corrected chi connectivity index (χ4v) is 3.39. The molecule has 1 saturated heterocycles. The Kier molecular flexibility index (Phi) is 3.66. The lowest BCUT2D eigenvalue weighted by atomic mass is 9.68. The zero-order valence-electron chi connectivity index (χ0n) is 12.3. The van der Waals surface area contributed by atoms with Gasteiger partial charge in [0.15, 0.2) is 0 Å². The number of carbonyl (C=O) groups excluding carboxylic acids is 2. The van der Waals surface area contributed by atoms with Crippen LogP contribution in [0.3, 0.4) is 0 Å². The molecule has 0 radical (unpaired) electrons. The van der Waals surface area contributed by atoms with Gasteiger partial charge in [-0.25, -0.2) is 0 Å². The number of carbonyl (C=O) groups is 2. The smallest absolute Gasteiger partial charge is 0.251 e. The normalized spacial score (nSPS) is 23.3. The summed E-state index contributed by atoms with van der Waals surface area (Å²) >= 11 is 0. The van der Waals surface area contributed by atoms with Gasteiger partial charge in [0.1, 0.15) is 0 Å². The van der Waals surface area contributed by atoms with Gasteiger partial charge in [0.05, 0.1) is 11.6 Å². The summed E-state index contributed by atoms with van der Waals surface area (Å²) in [4.78, 5) is 28.3. The van der Waals surface area contributed by atoms with Crippen molar-refractivity contribution in [1.82, 2.24) is 15.6 Å². The van der Waals surface area contributed by atoms with Crippen LogP contribution in [0.1, 0.15) is 54.9 Å². The number of hydrogen-bond acceptors (Lipinski definition) is 3. The molecule has 1 atom stereocenters. The molecule has 2 heterocycles. The molecule has 1 saturated carbocycles. The highest BCUT2D eigenvalue weighted by atomic mass is 16.2. The van der Waals surface area contributed by atoms with Crippen molar-refractivity contribution >= 4 is 11.8 Å². The topological polar surface area (TPSA) is 71.1 Å². The molecule has 0 aromatic carbocycles. The monoisotopic (exact) mass is 287 g/mol. The Morgan fingerprint density at radius 2 is 2.33 bits per heavy atom. The van der Waals surface area contributed by atoms with Gasteiger partial charge < -0.3 is 10.6 Å². The molecule has 5 heteroatoms. The predicted octanol–water partition coefficient (Wildman–Crippen LogP) is 1.58. The number of aryl methyl sites for hydroxylation is 1. The van der Waals surface area contributed by atoms with E-state index in [1.54, 1.807) is 18.5 Å². The molecule has 112 valence electrons. The number of amides is 2. The van der Waals surface area contributed by atoms with Crippen LogP contribution in [0.15, 0.2) is 18.5 Å². The number of rotatable bonds is 3. The second-order valence-electron chi connectivity index (χ2n) is 6.01. The van der Waals surface area contributed by atoms with Gasteiger partial charge in [-0.3, -0.25) is 14.6 Å². The lowest BCUT2D eigenvalue weighted by Gasteiger charge is -2.51. The van der Waals surface area contributed by atoms with E-state index in [2.05, 4.69) is 15.6 Å². The van der Waals surface area contributed by atoms with E-state index in [0.29, 0.717) is 12.0 Å². The van der Waals surface area contributed by atoms with Gasteiger partial charge in [-0.2, -0.15) is 0 Å². The molecule has 1 spiro atoms. The molecule has 1 unspecified atom stereocenters. The summed E-state index contributed by atoms with van der Waals surface area (Å²) in [6.45, 7) is 2.02. The molecule has 2 aliphatic rings. The van der Waals surface area contributed by atoms with Gasteiger partial charge in [-0.05, 0) is 43.7 Å².